The molecular formula is C100H140O9. The second-order valence-electron chi connectivity index (χ2n) is 30.8. The molecule has 10 aromatic rings. The second-order valence-corrected chi connectivity index (χ2v) is 30.8. The lowest BCUT2D eigenvalue weighted by atomic mass is 9.93. The van der Waals surface area contributed by atoms with Gasteiger partial charge in [0.25, 0.3) is 0 Å². The number of para-hydroxylation sites is 2. The molecule has 1 heterocycles. The monoisotopic (exact) mass is 1490 g/mol. The molecule has 9 heteroatoms. The van der Waals surface area contributed by atoms with Crippen LogP contribution in [0.25, 0.3) is 0 Å². The van der Waals surface area contributed by atoms with Crippen molar-refractivity contribution in [2.75, 3.05) is 21.0 Å². The van der Waals surface area contributed by atoms with Crippen molar-refractivity contribution in [3.8, 4) is 51.7 Å². The standard InChI is InChI=1S/C11H16O.C10H12O2.4C10H14O.2C10H14.2C9H12O.CH4/c1-7(2)11-8(3)5-10(12)6-9(11)4;1-7(2)8-3-4-9-10(5-8)12-6-11-9;1-7(2)9-5-4-8(3)10(11)6-9;1-7(2)9-5-4-8(3)6-10(9)11;1-8(2)9-5-4-6-10(7-9)11-3;1-8(2)9-6-4-5-7-10(9)11-3;1-8(2)10-6-4-9(3)5-7-10;1-8(2)10-6-4-5-9(3)7-10;1-7(2)8-3-5-9(10)6-4-8;1-7(2)8-5-3-4-6-9(8)10;/h5-7,12H,1-4H3;3-5,7H,6H2,1-2H3;2*4-7,11H,1-3H3;2*4-8H,1-3H3;2*4-8H,1-3H3;2*3-7,10H,1-2H3;1H4. The molecule has 1 aliphatic rings. The Morgan fingerprint density at radius 2 is 0.688 bits per heavy atom. The fourth-order valence-electron chi connectivity index (χ4n) is 11.2. The number of benzene rings is 10. The first-order valence-corrected chi connectivity index (χ1v) is 38.6. The zero-order chi connectivity index (χ0) is 81.5. The molecule has 0 amide bonds. The van der Waals surface area contributed by atoms with Gasteiger partial charge in [-0.15, -0.1) is 0 Å². The van der Waals surface area contributed by atoms with E-state index in [9.17, 15) is 20.4 Å². The molecule has 11 rings (SSSR count). The minimum Gasteiger partial charge on any atom is -0.508 e. The van der Waals surface area contributed by atoms with Gasteiger partial charge in [-0.2, -0.15) is 0 Å². The summed E-state index contributed by atoms with van der Waals surface area (Å²) in [6.07, 6.45) is 0. The lowest BCUT2D eigenvalue weighted by Gasteiger charge is -2.13. The lowest BCUT2D eigenvalue weighted by Crippen LogP contribution is -1.95. The van der Waals surface area contributed by atoms with Gasteiger partial charge in [0.15, 0.2) is 11.5 Å². The first-order chi connectivity index (χ1) is 50.8. The molecule has 9 nitrogen and oxygen atoms in total. The Balaban J connectivity index is 0.000000605. The summed E-state index contributed by atoms with van der Waals surface area (Å²) >= 11 is 0. The van der Waals surface area contributed by atoms with Crippen molar-refractivity contribution in [2.24, 2.45) is 0 Å². The molecule has 0 aromatic heterocycles. The summed E-state index contributed by atoms with van der Waals surface area (Å²) in [5, 5.41) is 46.3. The number of phenols is 5. The molecule has 0 atom stereocenters. The number of phenolic OH excluding ortho intramolecular Hbond substituents is 5. The molecule has 109 heavy (non-hydrogen) atoms. The van der Waals surface area contributed by atoms with Gasteiger partial charge in [-0.25, -0.2) is 0 Å². The van der Waals surface area contributed by atoms with Crippen molar-refractivity contribution in [3.05, 3.63) is 301 Å². The number of aromatic hydroxyl groups is 5. The van der Waals surface area contributed by atoms with Crippen molar-refractivity contribution in [2.45, 2.75) is 247 Å². The van der Waals surface area contributed by atoms with Crippen molar-refractivity contribution in [3.63, 3.8) is 0 Å². The fraction of sp³-hybridized carbons (Fsp3) is 0.400. The quantitative estimate of drug-likeness (QED) is 0.0809. The van der Waals surface area contributed by atoms with E-state index in [1.807, 2.05) is 137 Å². The molecule has 0 unspecified atom stereocenters. The largest absolute Gasteiger partial charge is 0.508 e. The highest BCUT2D eigenvalue weighted by Crippen LogP contribution is 2.35. The third kappa shape index (κ3) is 36.9. The van der Waals surface area contributed by atoms with Crippen LogP contribution in [-0.4, -0.2) is 46.5 Å². The summed E-state index contributed by atoms with van der Waals surface area (Å²) < 4.78 is 20.8. The van der Waals surface area contributed by atoms with Gasteiger partial charge < -0.3 is 44.5 Å². The Bertz CT molecular complexity index is 4060. The van der Waals surface area contributed by atoms with Crippen LogP contribution in [0.3, 0.4) is 0 Å². The molecule has 0 radical (unpaired) electrons. The summed E-state index contributed by atoms with van der Waals surface area (Å²) in [5.74, 6) is 10.9. The van der Waals surface area contributed by atoms with Crippen LogP contribution in [-0.2, 0) is 0 Å². The van der Waals surface area contributed by atoms with Crippen LogP contribution < -0.4 is 18.9 Å². The van der Waals surface area contributed by atoms with E-state index in [-0.39, 0.29) is 7.43 Å². The SMILES string of the molecule is C.CC(C)c1ccc(O)cc1.CC(C)c1ccc2c(c1)OCO2.CC(C)c1ccccc1O.COc1cccc(C(C)C)c1.COc1ccccc1C(C)C.Cc1cc(O)cc(C)c1C(C)C.Cc1ccc(C(C)C)c(O)c1.Cc1ccc(C(C)C)cc1.Cc1ccc(C(C)C)cc1O.Cc1cccc(C(C)C)c1. The Morgan fingerprint density at radius 3 is 1.12 bits per heavy atom. The molecule has 594 valence electrons. The molecule has 0 spiro atoms. The van der Waals surface area contributed by atoms with Gasteiger partial charge in [0.05, 0.1) is 14.2 Å². The third-order valence-corrected chi connectivity index (χ3v) is 18.0. The summed E-state index contributed by atoms with van der Waals surface area (Å²) in [6, 6.07) is 69.8. The second kappa shape index (κ2) is 50.9. The van der Waals surface area contributed by atoms with Gasteiger partial charge in [0, 0.05) is 0 Å². The molecule has 10 aromatic carbocycles. The normalized spacial score (nSPS) is 10.7. The smallest absolute Gasteiger partial charge is 0.231 e. The molecule has 0 aliphatic carbocycles. The highest BCUT2D eigenvalue weighted by molar-refractivity contribution is 5.46. The molecule has 5 N–H and O–H groups in total. The molecule has 0 fully saturated rings. The molecule has 0 saturated heterocycles. The van der Waals surface area contributed by atoms with E-state index >= 15 is 0 Å². The van der Waals surface area contributed by atoms with Gasteiger partial charge in [0.1, 0.15) is 40.2 Å². The average Bonchev–Trinajstić information content (AvgIpc) is 1.09. The summed E-state index contributed by atoms with van der Waals surface area (Å²) in [6.45, 7) is 55.6. The van der Waals surface area contributed by atoms with Crippen molar-refractivity contribution in [1.82, 2.24) is 0 Å². The Hall–Kier alpha value is -9.60. The number of rotatable bonds is 12. The molecule has 1 aliphatic heterocycles. The number of ether oxygens (including phenoxy) is 4. The van der Waals surface area contributed by atoms with E-state index in [2.05, 4.69) is 231 Å². The Morgan fingerprint density at radius 1 is 0.275 bits per heavy atom. The van der Waals surface area contributed by atoms with E-state index in [0.29, 0.717) is 94.7 Å². The van der Waals surface area contributed by atoms with E-state index in [1.54, 1.807) is 38.5 Å². The first kappa shape index (κ1) is 97.4. The highest BCUT2D eigenvalue weighted by atomic mass is 16.7. The maximum absolute atomic E-state index is 9.46. The maximum Gasteiger partial charge on any atom is 0.231 e. The number of fused-ring (bicyclic) bond motifs is 1. The first-order valence-electron chi connectivity index (χ1n) is 38.6. The predicted octanol–water partition coefficient (Wildman–Crippen LogP) is 28.9. The van der Waals surface area contributed by atoms with Gasteiger partial charge >= 0.3 is 0 Å². The van der Waals surface area contributed by atoms with Gasteiger partial charge in [-0.3, -0.25) is 0 Å². The maximum atomic E-state index is 9.46. The molecule has 0 saturated carbocycles. The summed E-state index contributed by atoms with van der Waals surface area (Å²) in [7, 11) is 3.40. The van der Waals surface area contributed by atoms with Crippen molar-refractivity contribution < 1.29 is 44.5 Å². The zero-order valence-electron chi connectivity index (χ0n) is 71.1. The highest BCUT2D eigenvalue weighted by Gasteiger charge is 2.15. The fourth-order valence-corrected chi connectivity index (χ4v) is 11.2. The van der Waals surface area contributed by atoms with Crippen LogP contribution in [0.2, 0.25) is 0 Å². The van der Waals surface area contributed by atoms with Crippen LogP contribution in [0.5, 0.6) is 51.7 Å². The third-order valence-electron chi connectivity index (χ3n) is 18.0. The van der Waals surface area contributed by atoms with Gasteiger partial charge in [0.2, 0.25) is 6.79 Å². The van der Waals surface area contributed by atoms with E-state index in [4.69, 9.17) is 24.1 Å². The van der Waals surface area contributed by atoms with Crippen molar-refractivity contribution in [1.29, 1.82) is 0 Å². The number of methoxy groups -OCH3 is 2. The number of hydrogen-bond acceptors (Lipinski definition) is 9. The number of aryl methyl sites for hydroxylation is 6. The van der Waals surface area contributed by atoms with Crippen LogP contribution >= 0.6 is 0 Å². The van der Waals surface area contributed by atoms with E-state index in [0.717, 1.165) is 45.3 Å². The predicted molar refractivity (Wildman–Crippen MR) is 468 cm³/mol. The van der Waals surface area contributed by atoms with Crippen LogP contribution in [0, 0.1) is 41.5 Å². The summed E-state index contributed by atoms with van der Waals surface area (Å²) in [5.41, 5.74) is 19.7. The van der Waals surface area contributed by atoms with Crippen LogP contribution in [0.4, 0.5) is 0 Å². The van der Waals surface area contributed by atoms with Crippen LogP contribution in [0.1, 0.15) is 294 Å². The molecular weight excluding hydrogens is 1350 g/mol. The van der Waals surface area contributed by atoms with Gasteiger partial charge in [-0.1, -0.05) is 297 Å². The lowest BCUT2D eigenvalue weighted by molar-refractivity contribution is 0.174. The Kier molecular flexibility index (Phi) is 45.5. The minimum atomic E-state index is 0. The Labute approximate surface area is 661 Å². The summed E-state index contributed by atoms with van der Waals surface area (Å²) in [4.78, 5) is 0. The van der Waals surface area contributed by atoms with Crippen molar-refractivity contribution >= 4 is 0 Å². The van der Waals surface area contributed by atoms with E-state index in [1.165, 1.54) is 66.8 Å². The zero-order valence-corrected chi connectivity index (χ0v) is 71.1. The molecule has 0 bridgehead atoms. The average molecular weight is 1490 g/mol. The van der Waals surface area contributed by atoms with Gasteiger partial charge in [-0.05, 0) is 251 Å². The minimum absolute atomic E-state index is 0. The van der Waals surface area contributed by atoms with Crippen LogP contribution in [0.15, 0.2) is 212 Å². The van der Waals surface area contributed by atoms with E-state index < -0.39 is 0 Å². The number of hydrogen-bond donors (Lipinski definition) is 5. The topological polar surface area (TPSA) is 138 Å².